The Labute approximate surface area is 112 Å². The number of amides is 1. The number of nitrogens with one attached hydrogen (secondary N) is 1. The molecule has 1 amide bonds. The molecule has 5 heteroatoms. The van der Waals surface area contributed by atoms with Crippen molar-refractivity contribution in [2.75, 3.05) is 23.8 Å². The molecule has 0 radical (unpaired) electrons. The summed E-state index contributed by atoms with van der Waals surface area (Å²) in [7, 11) is 0. The fourth-order valence-corrected chi connectivity index (χ4v) is 5.12. The molecule has 1 aliphatic carbocycles. The van der Waals surface area contributed by atoms with Crippen LogP contribution < -0.4 is 11.1 Å². The highest BCUT2D eigenvalue weighted by Gasteiger charge is 2.26. The molecule has 3 atom stereocenters. The van der Waals surface area contributed by atoms with Gasteiger partial charge in [0.05, 0.1) is 0 Å². The highest BCUT2D eigenvalue weighted by molar-refractivity contribution is 8.06. The zero-order valence-corrected chi connectivity index (χ0v) is 11.8. The summed E-state index contributed by atoms with van der Waals surface area (Å²) in [5, 5.41) is 3.68. The van der Waals surface area contributed by atoms with E-state index in [9.17, 15) is 4.79 Å². The highest BCUT2D eigenvalue weighted by Crippen LogP contribution is 2.27. The van der Waals surface area contributed by atoms with Crippen LogP contribution >= 0.6 is 23.5 Å². The molecular weight excluding hydrogens is 252 g/mol. The van der Waals surface area contributed by atoms with Gasteiger partial charge in [-0.1, -0.05) is 6.42 Å². The van der Waals surface area contributed by atoms with E-state index in [1.54, 1.807) is 0 Å². The SMILES string of the molecule is N[C@@H]1CCC[C@H]1CC(=O)NCC1CSCCS1. The number of nitrogens with two attached hydrogens (primary N) is 1. The highest BCUT2D eigenvalue weighted by atomic mass is 32.2. The molecule has 3 N–H and O–H groups in total. The predicted molar refractivity (Wildman–Crippen MR) is 76.5 cm³/mol. The van der Waals surface area contributed by atoms with E-state index >= 15 is 0 Å². The van der Waals surface area contributed by atoms with Crippen LogP contribution in [-0.2, 0) is 4.79 Å². The maximum Gasteiger partial charge on any atom is 0.220 e. The average Bonchev–Trinajstić information content (AvgIpc) is 2.74. The van der Waals surface area contributed by atoms with E-state index in [-0.39, 0.29) is 11.9 Å². The molecule has 0 bridgehead atoms. The lowest BCUT2D eigenvalue weighted by Crippen LogP contribution is -2.36. The largest absolute Gasteiger partial charge is 0.355 e. The van der Waals surface area contributed by atoms with Crippen molar-refractivity contribution in [1.82, 2.24) is 5.32 Å². The molecule has 3 nitrogen and oxygen atoms in total. The van der Waals surface area contributed by atoms with Gasteiger partial charge in [-0.05, 0) is 18.8 Å². The van der Waals surface area contributed by atoms with Crippen molar-refractivity contribution in [3.63, 3.8) is 0 Å². The molecule has 2 aliphatic rings. The Kier molecular flexibility index (Phi) is 5.50. The fraction of sp³-hybridized carbons (Fsp3) is 0.917. The predicted octanol–water partition coefficient (Wildman–Crippen LogP) is 1.47. The van der Waals surface area contributed by atoms with E-state index in [0.29, 0.717) is 17.6 Å². The van der Waals surface area contributed by atoms with Gasteiger partial charge in [0.2, 0.25) is 5.91 Å². The minimum Gasteiger partial charge on any atom is -0.355 e. The number of thioether (sulfide) groups is 2. The van der Waals surface area contributed by atoms with Crippen molar-refractivity contribution in [1.29, 1.82) is 0 Å². The summed E-state index contributed by atoms with van der Waals surface area (Å²) in [6.45, 7) is 0.832. The van der Waals surface area contributed by atoms with Crippen LogP contribution in [-0.4, -0.2) is 41.0 Å². The first-order valence-electron chi connectivity index (χ1n) is 6.47. The molecule has 2 fully saturated rings. The summed E-state index contributed by atoms with van der Waals surface area (Å²) in [5.74, 6) is 4.27. The molecule has 1 saturated carbocycles. The molecule has 0 aromatic heterocycles. The van der Waals surface area contributed by atoms with Gasteiger partial charge in [-0.15, -0.1) is 0 Å². The molecule has 17 heavy (non-hydrogen) atoms. The van der Waals surface area contributed by atoms with Gasteiger partial charge >= 0.3 is 0 Å². The van der Waals surface area contributed by atoms with E-state index in [0.717, 1.165) is 19.4 Å². The van der Waals surface area contributed by atoms with E-state index < -0.39 is 0 Å². The zero-order valence-electron chi connectivity index (χ0n) is 10.2. The number of rotatable bonds is 4. The first-order valence-corrected chi connectivity index (χ1v) is 8.67. The lowest BCUT2D eigenvalue weighted by molar-refractivity contribution is -0.122. The Balaban J connectivity index is 1.63. The summed E-state index contributed by atoms with van der Waals surface area (Å²) in [4.78, 5) is 11.8. The molecule has 0 spiro atoms. The van der Waals surface area contributed by atoms with Gasteiger partial charge < -0.3 is 11.1 Å². The third-order valence-electron chi connectivity index (χ3n) is 3.58. The van der Waals surface area contributed by atoms with E-state index in [1.165, 1.54) is 23.7 Å². The van der Waals surface area contributed by atoms with Crippen molar-refractivity contribution >= 4 is 29.4 Å². The van der Waals surface area contributed by atoms with Gasteiger partial charge in [-0.25, -0.2) is 0 Å². The van der Waals surface area contributed by atoms with Gasteiger partial charge in [0.15, 0.2) is 0 Å². The van der Waals surface area contributed by atoms with Crippen LogP contribution in [0.15, 0.2) is 0 Å². The molecule has 1 unspecified atom stereocenters. The van der Waals surface area contributed by atoms with Crippen molar-refractivity contribution in [3.05, 3.63) is 0 Å². The Morgan fingerprint density at radius 2 is 2.24 bits per heavy atom. The van der Waals surface area contributed by atoms with Crippen LogP contribution in [0.1, 0.15) is 25.7 Å². The quantitative estimate of drug-likeness (QED) is 0.815. The third-order valence-corrected chi connectivity index (χ3v) is 6.42. The maximum absolute atomic E-state index is 11.8. The second-order valence-electron chi connectivity index (χ2n) is 4.93. The lowest BCUT2D eigenvalue weighted by Gasteiger charge is -2.22. The smallest absolute Gasteiger partial charge is 0.220 e. The summed E-state index contributed by atoms with van der Waals surface area (Å²) in [6, 6.07) is 0.250. The Bertz CT molecular complexity index is 257. The number of hydrogen-bond donors (Lipinski definition) is 2. The fourth-order valence-electron chi connectivity index (χ4n) is 2.51. The monoisotopic (exact) mass is 274 g/mol. The summed E-state index contributed by atoms with van der Waals surface area (Å²) >= 11 is 3.98. The second kappa shape index (κ2) is 6.90. The first kappa shape index (κ1) is 13.6. The maximum atomic E-state index is 11.8. The van der Waals surface area contributed by atoms with Gasteiger partial charge in [-0.2, -0.15) is 23.5 Å². The van der Waals surface area contributed by atoms with Crippen molar-refractivity contribution in [2.45, 2.75) is 37.0 Å². The van der Waals surface area contributed by atoms with Crippen LogP contribution in [0.2, 0.25) is 0 Å². The normalized spacial score (nSPS) is 33.6. The minimum absolute atomic E-state index is 0.198. The molecule has 1 aliphatic heterocycles. The Hall–Kier alpha value is 0.130. The Morgan fingerprint density at radius 1 is 1.35 bits per heavy atom. The van der Waals surface area contributed by atoms with Crippen LogP contribution in [0, 0.1) is 5.92 Å². The number of carbonyl (C=O) groups excluding carboxylic acids is 1. The topological polar surface area (TPSA) is 55.1 Å². The van der Waals surface area contributed by atoms with Crippen molar-refractivity contribution in [3.8, 4) is 0 Å². The summed E-state index contributed by atoms with van der Waals surface area (Å²) in [6.07, 6.45) is 4.04. The molecular formula is C12H22N2OS2. The van der Waals surface area contributed by atoms with Crippen LogP contribution in [0.25, 0.3) is 0 Å². The van der Waals surface area contributed by atoms with Crippen LogP contribution in [0.5, 0.6) is 0 Å². The van der Waals surface area contributed by atoms with Crippen LogP contribution in [0.4, 0.5) is 0 Å². The summed E-state index contributed by atoms with van der Waals surface area (Å²) < 4.78 is 0. The molecule has 1 heterocycles. The minimum atomic E-state index is 0.198. The van der Waals surface area contributed by atoms with Crippen LogP contribution in [0.3, 0.4) is 0 Å². The molecule has 0 aromatic carbocycles. The summed E-state index contributed by atoms with van der Waals surface area (Å²) in [5.41, 5.74) is 5.98. The Morgan fingerprint density at radius 3 is 2.88 bits per heavy atom. The van der Waals surface area contributed by atoms with Crippen molar-refractivity contribution < 1.29 is 4.79 Å². The average molecular weight is 274 g/mol. The standard InChI is InChI=1S/C12H22N2OS2/c13-11-3-1-2-9(11)6-12(15)14-7-10-8-16-4-5-17-10/h9-11H,1-8,13H2,(H,14,15)/t9-,10?,11+/m0/s1. The van der Waals surface area contributed by atoms with Gasteiger partial charge in [-0.3, -0.25) is 4.79 Å². The van der Waals surface area contributed by atoms with Gasteiger partial charge in [0, 0.05) is 41.5 Å². The molecule has 2 rings (SSSR count). The van der Waals surface area contributed by atoms with E-state index in [2.05, 4.69) is 5.32 Å². The van der Waals surface area contributed by atoms with Gasteiger partial charge in [0.25, 0.3) is 0 Å². The second-order valence-corrected chi connectivity index (χ2v) is 7.49. The molecule has 0 aromatic rings. The van der Waals surface area contributed by atoms with Gasteiger partial charge in [0.1, 0.15) is 0 Å². The zero-order chi connectivity index (χ0) is 12.1. The number of carbonyl (C=O) groups is 1. The third kappa shape index (κ3) is 4.38. The molecule has 98 valence electrons. The van der Waals surface area contributed by atoms with E-state index in [4.69, 9.17) is 5.73 Å². The molecule has 1 saturated heterocycles. The van der Waals surface area contributed by atoms with Crippen molar-refractivity contribution in [2.24, 2.45) is 11.7 Å². The lowest BCUT2D eigenvalue weighted by atomic mass is 10.00. The number of hydrogen-bond acceptors (Lipinski definition) is 4. The van der Waals surface area contributed by atoms with E-state index in [1.807, 2.05) is 23.5 Å². The first-order chi connectivity index (χ1) is 8.25.